The van der Waals surface area contributed by atoms with Crippen molar-refractivity contribution in [3.8, 4) is 5.75 Å². The standard InChI is InChI=1S/C37H52N4O6Si/c1-35(2,3)45-33(42)40-32(38)26-19-17-25(18-20-26)24-41(34(43)46-36(4,5)6)30-23-27(21-22-39-30)31(47-48(11,12)37(7,8)9)28-15-13-14-16-29(28)44-10/h13-23,31H,24H2,1-12H3,(H2,38,40,42). The molecule has 1 aromatic heterocycles. The Labute approximate surface area is 286 Å². The van der Waals surface area contributed by atoms with E-state index in [1.54, 1.807) is 46.2 Å². The fourth-order valence-corrected chi connectivity index (χ4v) is 5.58. The number of anilines is 1. The number of carbonyl (C=O) groups is 2. The second kappa shape index (κ2) is 14.9. The van der Waals surface area contributed by atoms with E-state index < -0.39 is 37.8 Å². The van der Waals surface area contributed by atoms with Gasteiger partial charge in [-0.15, -0.1) is 0 Å². The third-order valence-corrected chi connectivity index (χ3v) is 12.2. The molecule has 1 unspecified atom stereocenters. The van der Waals surface area contributed by atoms with Gasteiger partial charge in [0.2, 0.25) is 0 Å². The maximum atomic E-state index is 13.7. The number of hydrogen-bond acceptors (Lipinski definition) is 7. The van der Waals surface area contributed by atoms with Gasteiger partial charge in [-0.25, -0.2) is 14.6 Å². The van der Waals surface area contributed by atoms with E-state index in [4.69, 9.17) is 24.4 Å². The molecule has 0 fully saturated rings. The van der Waals surface area contributed by atoms with E-state index in [2.05, 4.69) is 43.8 Å². The van der Waals surface area contributed by atoms with Gasteiger partial charge in [0.15, 0.2) is 8.32 Å². The minimum Gasteiger partial charge on any atom is -0.496 e. The third kappa shape index (κ3) is 10.6. The highest BCUT2D eigenvalue weighted by Crippen LogP contribution is 2.43. The lowest BCUT2D eigenvalue weighted by Gasteiger charge is -2.40. The number of amidine groups is 1. The predicted octanol–water partition coefficient (Wildman–Crippen LogP) is 8.78. The van der Waals surface area contributed by atoms with Crippen molar-refractivity contribution < 1.29 is 28.2 Å². The summed E-state index contributed by atoms with van der Waals surface area (Å²) in [5.74, 6) is 1.13. The molecule has 0 spiro atoms. The van der Waals surface area contributed by atoms with Gasteiger partial charge in [-0.2, -0.15) is 4.99 Å². The zero-order valence-electron chi connectivity index (χ0n) is 30.5. The molecule has 11 heteroatoms. The molecule has 0 radical (unpaired) electrons. The molecule has 0 aliphatic heterocycles. The molecule has 0 aliphatic carbocycles. The Kier molecular flexibility index (Phi) is 11.9. The van der Waals surface area contributed by atoms with E-state index in [9.17, 15) is 9.59 Å². The fourth-order valence-electron chi connectivity index (χ4n) is 4.38. The van der Waals surface area contributed by atoms with Crippen LogP contribution < -0.4 is 15.4 Å². The first-order chi connectivity index (χ1) is 22.1. The molecule has 0 bridgehead atoms. The van der Waals surface area contributed by atoms with E-state index in [1.165, 1.54) is 4.90 Å². The Hall–Kier alpha value is -4.22. The molecule has 2 aromatic carbocycles. The lowest BCUT2D eigenvalue weighted by Crippen LogP contribution is -2.42. The number of hydrogen-bond donors (Lipinski definition) is 1. The van der Waals surface area contributed by atoms with E-state index in [-0.39, 0.29) is 17.4 Å². The van der Waals surface area contributed by atoms with Crippen molar-refractivity contribution in [2.24, 2.45) is 10.7 Å². The van der Waals surface area contributed by atoms with Crippen molar-refractivity contribution in [1.82, 2.24) is 4.98 Å². The molecule has 1 heterocycles. The number of rotatable bonds is 9. The summed E-state index contributed by atoms with van der Waals surface area (Å²) in [6.45, 7) is 21.9. The summed E-state index contributed by atoms with van der Waals surface area (Å²) < 4.78 is 23.9. The zero-order valence-corrected chi connectivity index (χ0v) is 31.5. The van der Waals surface area contributed by atoms with Crippen LogP contribution in [-0.2, 0) is 20.4 Å². The quantitative estimate of drug-likeness (QED) is 0.135. The van der Waals surface area contributed by atoms with Gasteiger partial charge >= 0.3 is 12.2 Å². The normalized spacial score (nSPS) is 13.5. The van der Waals surface area contributed by atoms with E-state index in [1.807, 2.05) is 69.3 Å². The van der Waals surface area contributed by atoms with Crippen LogP contribution in [0.1, 0.15) is 90.7 Å². The van der Waals surface area contributed by atoms with Crippen LogP contribution >= 0.6 is 0 Å². The Morgan fingerprint density at radius 1 is 0.896 bits per heavy atom. The number of nitrogens with zero attached hydrogens (tertiary/aromatic N) is 3. The number of pyridine rings is 1. The largest absolute Gasteiger partial charge is 0.496 e. The predicted molar refractivity (Wildman–Crippen MR) is 193 cm³/mol. The molecule has 10 nitrogen and oxygen atoms in total. The highest BCUT2D eigenvalue weighted by molar-refractivity contribution is 6.74. The van der Waals surface area contributed by atoms with Gasteiger partial charge in [-0.05, 0) is 89.0 Å². The number of carbonyl (C=O) groups excluding carboxylic acids is 2. The lowest BCUT2D eigenvalue weighted by atomic mass is 10.0. The number of ether oxygens (including phenoxy) is 3. The molecule has 3 aromatic rings. The van der Waals surface area contributed by atoms with E-state index >= 15 is 0 Å². The number of nitrogens with two attached hydrogens (primary N) is 1. The number of para-hydroxylation sites is 1. The van der Waals surface area contributed by atoms with Crippen LogP contribution in [0, 0.1) is 0 Å². The summed E-state index contributed by atoms with van der Waals surface area (Å²) in [4.78, 5) is 35.8. The molecule has 3 rings (SSSR count). The SMILES string of the molecule is COc1ccccc1C(O[Si](C)(C)C(C)(C)C)c1ccnc(N(Cc2ccc(/C(N)=N/C(=O)OC(C)(C)C)cc2)C(=O)OC(C)(C)C)c1. The summed E-state index contributed by atoms with van der Waals surface area (Å²) in [6, 6.07) is 18.7. The summed E-state index contributed by atoms with van der Waals surface area (Å²) in [5.41, 5.74) is 7.69. The van der Waals surface area contributed by atoms with Gasteiger partial charge in [0.25, 0.3) is 0 Å². The summed E-state index contributed by atoms with van der Waals surface area (Å²) >= 11 is 0. The first-order valence-electron chi connectivity index (χ1n) is 16.0. The molecule has 1 atom stereocenters. The highest BCUT2D eigenvalue weighted by atomic mass is 28.4. The van der Waals surface area contributed by atoms with Crippen LogP contribution in [-0.4, -0.2) is 49.6 Å². The topological polar surface area (TPSA) is 126 Å². The molecule has 2 N–H and O–H groups in total. The van der Waals surface area contributed by atoms with E-state index in [0.717, 1.165) is 16.7 Å². The second-order valence-electron chi connectivity index (χ2n) is 15.2. The molecular weight excluding hydrogens is 625 g/mol. The van der Waals surface area contributed by atoms with Gasteiger partial charge in [-0.1, -0.05) is 63.2 Å². The van der Waals surface area contributed by atoms with Crippen molar-refractivity contribution >= 4 is 32.2 Å². The van der Waals surface area contributed by atoms with Gasteiger partial charge in [0, 0.05) is 17.3 Å². The molecule has 260 valence electrons. The Balaban J connectivity index is 2.05. The van der Waals surface area contributed by atoms with E-state index in [0.29, 0.717) is 17.1 Å². The number of benzene rings is 2. The maximum absolute atomic E-state index is 13.7. The monoisotopic (exact) mass is 676 g/mol. The molecule has 0 aliphatic rings. The minimum absolute atomic E-state index is 0.0262. The van der Waals surface area contributed by atoms with Gasteiger partial charge in [-0.3, -0.25) is 4.90 Å². The number of amides is 2. The first-order valence-corrected chi connectivity index (χ1v) is 18.9. The smallest absolute Gasteiger partial charge is 0.436 e. The minimum atomic E-state index is -2.30. The van der Waals surface area contributed by atoms with Gasteiger partial charge in [0.1, 0.15) is 28.6 Å². The summed E-state index contributed by atoms with van der Waals surface area (Å²) in [6.07, 6.45) is -0.122. The van der Waals surface area contributed by atoms with Crippen LogP contribution in [0.15, 0.2) is 71.9 Å². The van der Waals surface area contributed by atoms with Crippen molar-refractivity contribution in [1.29, 1.82) is 0 Å². The summed E-state index contributed by atoms with van der Waals surface area (Å²) in [7, 11) is -0.650. The fraction of sp³-hybridized carbons (Fsp3) is 0.459. The Morgan fingerprint density at radius 3 is 2.06 bits per heavy atom. The van der Waals surface area contributed by atoms with Crippen LogP contribution in [0.2, 0.25) is 18.1 Å². The molecule has 0 saturated carbocycles. The number of aromatic nitrogens is 1. The summed E-state index contributed by atoms with van der Waals surface area (Å²) in [5, 5.41) is -0.0567. The molecule has 0 saturated heterocycles. The van der Waals surface area contributed by atoms with Crippen LogP contribution in [0.3, 0.4) is 0 Å². The van der Waals surface area contributed by atoms with Crippen LogP contribution in [0.5, 0.6) is 5.75 Å². The van der Waals surface area contributed by atoms with Crippen molar-refractivity contribution in [2.45, 2.75) is 104 Å². The second-order valence-corrected chi connectivity index (χ2v) is 19.9. The van der Waals surface area contributed by atoms with Crippen molar-refractivity contribution in [3.05, 3.63) is 89.1 Å². The average molecular weight is 677 g/mol. The zero-order chi connectivity index (χ0) is 36.1. The Morgan fingerprint density at radius 2 is 1.50 bits per heavy atom. The highest BCUT2D eigenvalue weighted by Gasteiger charge is 2.40. The number of methoxy groups -OCH3 is 1. The Bertz CT molecular complexity index is 1600. The van der Waals surface area contributed by atoms with Gasteiger partial charge < -0.3 is 24.4 Å². The molecule has 2 amide bonds. The van der Waals surface area contributed by atoms with Crippen LogP contribution in [0.4, 0.5) is 15.4 Å². The van der Waals surface area contributed by atoms with Crippen molar-refractivity contribution in [2.75, 3.05) is 12.0 Å². The average Bonchev–Trinajstić information content (AvgIpc) is 2.96. The van der Waals surface area contributed by atoms with Crippen LogP contribution in [0.25, 0.3) is 0 Å². The lowest BCUT2D eigenvalue weighted by molar-refractivity contribution is 0.0572. The first kappa shape index (κ1) is 38.2. The van der Waals surface area contributed by atoms with Gasteiger partial charge in [0.05, 0.1) is 19.8 Å². The molecule has 48 heavy (non-hydrogen) atoms. The van der Waals surface area contributed by atoms with Crippen molar-refractivity contribution in [3.63, 3.8) is 0 Å². The molecular formula is C37H52N4O6Si. The third-order valence-electron chi connectivity index (χ3n) is 7.80. The number of aliphatic imine (C=N–C) groups is 1. The maximum Gasteiger partial charge on any atom is 0.436 e.